The Balaban J connectivity index is 2.03. The van der Waals surface area contributed by atoms with Gasteiger partial charge in [0.15, 0.2) is 5.96 Å². The van der Waals surface area contributed by atoms with Crippen LogP contribution in [0.2, 0.25) is 0 Å². The fourth-order valence-electron chi connectivity index (χ4n) is 2.80. The van der Waals surface area contributed by atoms with Crippen LogP contribution in [0.4, 0.5) is 0 Å². The third-order valence-corrected chi connectivity index (χ3v) is 4.17. The predicted molar refractivity (Wildman–Crippen MR) is 91.0 cm³/mol. The van der Waals surface area contributed by atoms with Crippen LogP contribution in [0.15, 0.2) is 23.2 Å². The summed E-state index contributed by atoms with van der Waals surface area (Å²) in [6.07, 6.45) is 1.61. The molecule has 128 valence electrons. The molecule has 2 rings (SSSR count). The average molecular weight is 321 g/mol. The summed E-state index contributed by atoms with van der Waals surface area (Å²) < 4.78 is 10.4. The number of nitrogens with two attached hydrogens (primary N) is 1. The molecule has 0 aromatic heterocycles. The van der Waals surface area contributed by atoms with E-state index in [1.54, 1.807) is 32.4 Å². The molecule has 1 fully saturated rings. The van der Waals surface area contributed by atoms with Gasteiger partial charge in [-0.15, -0.1) is 0 Å². The van der Waals surface area contributed by atoms with Crippen molar-refractivity contribution in [2.75, 3.05) is 33.9 Å². The minimum atomic E-state index is -0.750. The van der Waals surface area contributed by atoms with Crippen LogP contribution >= 0.6 is 0 Å². The highest BCUT2D eigenvalue weighted by atomic mass is 16.5. The number of guanidine groups is 1. The molecule has 3 N–H and O–H groups in total. The molecule has 0 radical (unpaired) electrons. The topological polar surface area (TPSA) is 80.3 Å². The monoisotopic (exact) mass is 321 g/mol. The number of likely N-dealkylation sites (tertiary alicyclic amines) is 1. The zero-order chi connectivity index (χ0) is 16.8. The number of piperidine rings is 1. The summed E-state index contributed by atoms with van der Waals surface area (Å²) in [5, 5.41) is 10.4. The van der Waals surface area contributed by atoms with E-state index in [1.807, 2.05) is 0 Å². The Bertz CT molecular complexity index is 526. The summed E-state index contributed by atoms with van der Waals surface area (Å²) in [7, 11) is 3.16. The lowest BCUT2D eigenvalue weighted by Crippen LogP contribution is -2.43. The lowest BCUT2D eigenvalue weighted by Gasteiger charge is -2.31. The fourth-order valence-corrected chi connectivity index (χ4v) is 2.80. The van der Waals surface area contributed by atoms with E-state index in [1.165, 1.54) is 6.42 Å². The van der Waals surface area contributed by atoms with E-state index in [0.29, 0.717) is 28.9 Å². The summed E-state index contributed by atoms with van der Waals surface area (Å²) in [5.74, 6) is 2.41. The first kappa shape index (κ1) is 17.4. The first-order chi connectivity index (χ1) is 11.0. The molecule has 0 saturated carbocycles. The molecule has 6 heteroatoms. The van der Waals surface area contributed by atoms with Crippen LogP contribution in [0.3, 0.4) is 0 Å². The first-order valence-corrected chi connectivity index (χ1v) is 7.99. The Hall–Kier alpha value is -1.95. The summed E-state index contributed by atoms with van der Waals surface area (Å²) >= 11 is 0. The molecule has 1 aromatic rings. The molecular formula is C17H27N3O3. The molecule has 2 atom stereocenters. The lowest BCUT2D eigenvalue weighted by molar-refractivity contribution is 0.185. The van der Waals surface area contributed by atoms with Crippen LogP contribution in [0, 0.1) is 5.92 Å². The van der Waals surface area contributed by atoms with Crippen molar-refractivity contribution >= 4 is 5.96 Å². The number of nitrogens with zero attached hydrogens (tertiary/aromatic N) is 2. The number of benzene rings is 1. The fraction of sp³-hybridized carbons (Fsp3) is 0.588. The number of hydrogen-bond acceptors (Lipinski definition) is 4. The number of rotatable bonds is 5. The van der Waals surface area contributed by atoms with Crippen molar-refractivity contribution in [2.24, 2.45) is 16.6 Å². The van der Waals surface area contributed by atoms with Crippen molar-refractivity contribution in [1.82, 2.24) is 4.90 Å². The van der Waals surface area contributed by atoms with Crippen LogP contribution < -0.4 is 15.2 Å². The number of aliphatic hydroxyl groups is 1. The molecule has 1 saturated heterocycles. The summed E-state index contributed by atoms with van der Waals surface area (Å²) in [6.45, 7) is 4.30. The minimum Gasteiger partial charge on any atom is -0.497 e. The number of aliphatic imine (C=N–C) groups is 1. The van der Waals surface area contributed by atoms with Crippen molar-refractivity contribution in [3.05, 3.63) is 23.8 Å². The van der Waals surface area contributed by atoms with Gasteiger partial charge in [-0.1, -0.05) is 6.92 Å². The second kappa shape index (κ2) is 8.06. The molecule has 1 aliphatic heterocycles. The molecule has 6 nitrogen and oxygen atoms in total. The van der Waals surface area contributed by atoms with Crippen molar-refractivity contribution in [3.63, 3.8) is 0 Å². The van der Waals surface area contributed by atoms with Crippen LogP contribution in [0.1, 0.15) is 31.4 Å². The molecule has 2 unspecified atom stereocenters. The van der Waals surface area contributed by atoms with Crippen LogP contribution in [-0.4, -0.2) is 49.8 Å². The zero-order valence-electron chi connectivity index (χ0n) is 14.2. The summed E-state index contributed by atoms with van der Waals surface area (Å²) in [5.41, 5.74) is 6.76. The second-order valence-electron chi connectivity index (χ2n) is 6.05. The maximum atomic E-state index is 10.4. The molecular weight excluding hydrogens is 294 g/mol. The SMILES string of the molecule is COc1cc(OC)cc(C(O)CN=C(N)N2CCCC(C)C2)c1. The normalized spacial score (nSPS) is 20.3. The third kappa shape index (κ3) is 4.76. The van der Waals surface area contributed by atoms with Gasteiger partial charge in [0.05, 0.1) is 26.9 Å². The van der Waals surface area contributed by atoms with Crippen LogP contribution in [-0.2, 0) is 0 Å². The maximum absolute atomic E-state index is 10.4. The van der Waals surface area contributed by atoms with Crippen molar-refractivity contribution in [2.45, 2.75) is 25.9 Å². The number of methoxy groups -OCH3 is 2. The van der Waals surface area contributed by atoms with Gasteiger partial charge in [-0.05, 0) is 36.5 Å². The van der Waals surface area contributed by atoms with Crippen LogP contribution in [0.5, 0.6) is 11.5 Å². The first-order valence-electron chi connectivity index (χ1n) is 7.99. The minimum absolute atomic E-state index is 0.215. The number of ether oxygens (including phenoxy) is 2. The van der Waals surface area contributed by atoms with Crippen molar-refractivity contribution in [1.29, 1.82) is 0 Å². The van der Waals surface area contributed by atoms with Gasteiger partial charge in [0.2, 0.25) is 0 Å². The quantitative estimate of drug-likeness (QED) is 0.638. The second-order valence-corrected chi connectivity index (χ2v) is 6.05. The standard InChI is InChI=1S/C17H27N3O3/c1-12-5-4-6-20(11-12)17(18)19-10-16(21)13-7-14(22-2)9-15(8-13)23-3/h7-9,12,16,21H,4-6,10-11H2,1-3H3,(H2,18,19). The zero-order valence-corrected chi connectivity index (χ0v) is 14.2. The predicted octanol–water partition coefficient (Wildman–Crippen LogP) is 1.78. The van der Waals surface area contributed by atoms with Gasteiger partial charge in [0.25, 0.3) is 0 Å². The molecule has 23 heavy (non-hydrogen) atoms. The molecule has 1 heterocycles. The van der Waals surface area contributed by atoms with E-state index < -0.39 is 6.10 Å². The molecule has 1 aliphatic rings. The van der Waals surface area contributed by atoms with E-state index >= 15 is 0 Å². The van der Waals surface area contributed by atoms with Gasteiger partial charge in [-0.2, -0.15) is 0 Å². The molecule has 0 amide bonds. The Labute approximate surface area is 137 Å². The Kier molecular flexibility index (Phi) is 6.10. The van der Waals surface area contributed by atoms with Gasteiger partial charge < -0.3 is 25.2 Å². The summed E-state index contributed by atoms with van der Waals surface area (Å²) in [4.78, 5) is 6.45. The summed E-state index contributed by atoms with van der Waals surface area (Å²) in [6, 6.07) is 5.33. The van der Waals surface area contributed by atoms with E-state index in [4.69, 9.17) is 15.2 Å². The van der Waals surface area contributed by atoms with Gasteiger partial charge >= 0.3 is 0 Å². The highest BCUT2D eigenvalue weighted by Crippen LogP contribution is 2.26. The largest absolute Gasteiger partial charge is 0.497 e. The highest BCUT2D eigenvalue weighted by molar-refractivity contribution is 5.78. The van der Waals surface area contributed by atoms with Gasteiger partial charge in [-0.25, -0.2) is 0 Å². The van der Waals surface area contributed by atoms with Crippen LogP contribution in [0.25, 0.3) is 0 Å². The Morgan fingerprint density at radius 1 is 1.35 bits per heavy atom. The lowest BCUT2D eigenvalue weighted by atomic mass is 10.0. The molecule has 0 spiro atoms. The van der Waals surface area contributed by atoms with E-state index in [0.717, 1.165) is 19.5 Å². The van der Waals surface area contributed by atoms with E-state index in [2.05, 4.69) is 16.8 Å². The van der Waals surface area contributed by atoms with Crippen molar-refractivity contribution < 1.29 is 14.6 Å². The van der Waals surface area contributed by atoms with E-state index in [9.17, 15) is 5.11 Å². The molecule has 0 aliphatic carbocycles. The average Bonchev–Trinajstić information content (AvgIpc) is 2.58. The molecule has 1 aromatic carbocycles. The Morgan fingerprint density at radius 2 is 2.00 bits per heavy atom. The number of aliphatic hydroxyl groups excluding tert-OH is 1. The smallest absolute Gasteiger partial charge is 0.191 e. The number of hydrogen-bond donors (Lipinski definition) is 2. The van der Waals surface area contributed by atoms with Gasteiger partial charge in [-0.3, -0.25) is 4.99 Å². The highest BCUT2D eigenvalue weighted by Gasteiger charge is 2.18. The van der Waals surface area contributed by atoms with E-state index in [-0.39, 0.29) is 6.54 Å². The third-order valence-electron chi connectivity index (χ3n) is 4.17. The van der Waals surface area contributed by atoms with Gasteiger partial charge in [0, 0.05) is 19.2 Å². The van der Waals surface area contributed by atoms with Gasteiger partial charge in [0.1, 0.15) is 11.5 Å². The maximum Gasteiger partial charge on any atom is 0.191 e. The molecule has 0 bridgehead atoms. The van der Waals surface area contributed by atoms with Crippen molar-refractivity contribution in [3.8, 4) is 11.5 Å². The Morgan fingerprint density at radius 3 is 2.57 bits per heavy atom.